The summed E-state index contributed by atoms with van der Waals surface area (Å²) in [7, 11) is 2.09. The molecule has 0 radical (unpaired) electrons. The number of hydrogen-bond acceptors (Lipinski definition) is 2. The minimum atomic E-state index is -0.270. The van der Waals surface area contributed by atoms with Gasteiger partial charge in [-0.1, -0.05) is 23.7 Å². The summed E-state index contributed by atoms with van der Waals surface area (Å²) in [5, 5.41) is 3.86. The van der Waals surface area contributed by atoms with Crippen LogP contribution in [0.25, 0.3) is 0 Å². The monoisotopic (exact) mass is 282 g/mol. The largest absolute Gasteiger partial charge is 0.311 e. The minimum absolute atomic E-state index is 0.219. The van der Waals surface area contributed by atoms with Crippen LogP contribution in [0.2, 0.25) is 5.02 Å². The molecule has 19 heavy (non-hydrogen) atoms. The Hall–Kier alpha value is -0.640. The fraction of sp³-hybridized carbons (Fsp3) is 0.600. The molecule has 1 aromatic rings. The lowest BCUT2D eigenvalue weighted by molar-refractivity contribution is 0.164. The lowest BCUT2D eigenvalue weighted by Gasteiger charge is -2.35. The van der Waals surface area contributed by atoms with E-state index in [2.05, 4.69) is 17.3 Å². The van der Waals surface area contributed by atoms with Crippen molar-refractivity contribution in [1.29, 1.82) is 0 Å². The molecule has 2 bridgehead atoms. The molecule has 0 amide bonds. The van der Waals surface area contributed by atoms with Gasteiger partial charge in [0.15, 0.2) is 0 Å². The molecular weight excluding hydrogens is 263 g/mol. The zero-order valence-electron chi connectivity index (χ0n) is 11.2. The number of benzene rings is 1. The summed E-state index contributed by atoms with van der Waals surface area (Å²) >= 11 is 5.84. The van der Waals surface area contributed by atoms with Crippen molar-refractivity contribution < 1.29 is 4.39 Å². The molecule has 2 atom stereocenters. The smallest absolute Gasteiger partial charge is 0.146 e. The second-order valence-corrected chi connectivity index (χ2v) is 6.30. The molecule has 1 aromatic carbocycles. The molecule has 0 aliphatic carbocycles. The molecular formula is C15H20ClFN2. The van der Waals surface area contributed by atoms with E-state index in [9.17, 15) is 4.39 Å². The van der Waals surface area contributed by atoms with Crippen LogP contribution in [-0.2, 0) is 6.54 Å². The Bertz CT molecular complexity index is 453. The maximum absolute atomic E-state index is 13.9. The van der Waals surface area contributed by atoms with Crippen LogP contribution in [0.1, 0.15) is 31.2 Å². The molecule has 2 heterocycles. The Labute approximate surface area is 118 Å². The molecule has 0 spiro atoms. The molecule has 0 saturated carbocycles. The average Bonchev–Trinajstić information content (AvgIpc) is 2.73. The average molecular weight is 283 g/mol. The van der Waals surface area contributed by atoms with E-state index in [-0.39, 0.29) is 10.8 Å². The van der Waals surface area contributed by atoms with Gasteiger partial charge in [-0.15, -0.1) is 0 Å². The first-order chi connectivity index (χ1) is 9.13. The molecule has 2 unspecified atom stereocenters. The second kappa shape index (κ2) is 5.39. The third-order valence-corrected chi connectivity index (χ3v) is 4.81. The molecule has 4 heteroatoms. The van der Waals surface area contributed by atoms with Crippen molar-refractivity contribution in [2.24, 2.45) is 0 Å². The van der Waals surface area contributed by atoms with Crippen LogP contribution in [0.3, 0.4) is 0 Å². The Morgan fingerprint density at radius 1 is 1.32 bits per heavy atom. The van der Waals surface area contributed by atoms with Crippen molar-refractivity contribution in [3.8, 4) is 0 Å². The zero-order valence-corrected chi connectivity index (χ0v) is 12.0. The lowest BCUT2D eigenvalue weighted by atomic mass is 9.98. The summed E-state index contributed by atoms with van der Waals surface area (Å²) in [6.07, 6.45) is 4.94. The van der Waals surface area contributed by atoms with E-state index in [4.69, 9.17) is 11.6 Å². The normalized spacial score (nSPS) is 30.0. The van der Waals surface area contributed by atoms with Gasteiger partial charge in [-0.05, 0) is 38.8 Å². The van der Waals surface area contributed by atoms with E-state index in [1.165, 1.54) is 25.7 Å². The fourth-order valence-corrected chi connectivity index (χ4v) is 3.65. The predicted octanol–water partition coefficient (Wildman–Crippen LogP) is 3.19. The summed E-state index contributed by atoms with van der Waals surface area (Å²) in [5.74, 6) is -0.270. The van der Waals surface area contributed by atoms with Crippen LogP contribution in [0.5, 0.6) is 0 Å². The fourth-order valence-electron chi connectivity index (χ4n) is 3.46. The summed E-state index contributed by atoms with van der Waals surface area (Å²) in [5.41, 5.74) is 0.695. The molecule has 2 nitrogen and oxygen atoms in total. The molecule has 2 aliphatic rings. The Balaban J connectivity index is 1.68. The number of fused-ring (bicyclic) bond motifs is 2. The maximum Gasteiger partial charge on any atom is 0.146 e. The van der Waals surface area contributed by atoms with Crippen LogP contribution in [-0.4, -0.2) is 30.1 Å². The Morgan fingerprint density at radius 3 is 2.68 bits per heavy atom. The van der Waals surface area contributed by atoms with Crippen LogP contribution >= 0.6 is 11.6 Å². The zero-order chi connectivity index (χ0) is 13.4. The summed E-state index contributed by atoms with van der Waals surface area (Å²) in [4.78, 5) is 2.28. The highest BCUT2D eigenvalue weighted by Crippen LogP contribution is 2.30. The van der Waals surface area contributed by atoms with Gasteiger partial charge in [-0.3, -0.25) is 4.90 Å². The van der Waals surface area contributed by atoms with Crippen LogP contribution in [0.15, 0.2) is 18.2 Å². The van der Waals surface area contributed by atoms with E-state index in [1.807, 2.05) is 12.1 Å². The van der Waals surface area contributed by atoms with Crippen LogP contribution in [0.4, 0.5) is 4.39 Å². The van der Waals surface area contributed by atoms with Gasteiger partial charge in [-0.2, -0.15) is 0 Å². The standard InChI is InChI=1S/C15H20ClFN2/c1-19(9-10-3-2-4-14(16)15(10)17)13-7-11-5-6-12(8-13)18-11/h2-4,11-13,18H,5-9H2,1H3. The van der Waals surface area contributed by atoms with Gasteiger partial charge >= 0.3 is 0 Å². The van der Waals surface area contributed by atoms with Gasteiger partial charge in [0, 0.05) is 30.2 Å². The number of piperidine rings is 1. The predicted molar refractivity (Wildman–Crippen MR) is 75.8 cm³/mol. The molecule has 2 saturated heterocycles. The summed E-state index contributed by atoms with van der Waals surface area (Å²) in [6.45, 7) is 0.635. The minimum Gasteiger partial charge on any atom is -0.311 e. The molecule has 1 N–H and O–H groups in total. The van der Waals surface area contributed by atoms with Crippen LogP contribution in [0, 0.1) is 5.82 Å². The molecule has 2 aliphatic heterocycles. The molecule has 104 valence electrons. The van der Waals surface area contributed by atoms with Crippen molar-refractivity contribution in [2.75, 3.05) is 7.05 Å². The van der Waals surface area contributed by atoms with E-state index < -0.39 is 0 Å². The third-order valence-electron chi connectivity index (χ3n) is 4.52. The topological polar surface area (TPSA) is 15.3 Å². The van der Waals surface area contributed by atoms with Crippen molar-refractivity contribution >= 4 is 11.6 Å². The molecule has 2 fully saturated rings. The summed E-state index contributed by atoms with van der Waals surface area (Å²) < 4.78 is 13.9. The van der Waals surface area contributed by atoms with Crippen molar-refractivity contribution in [2.45, 2.75) is 50.4 Å². The van der Waals surface area contributed by atoms with E-state index in [1.54, 1.807) is 6.07 Å². The van der Waals surface area contributed by atoms with Gasteiger partial charge < -0.3 is 5.32 Å². The highest BCUT2D eigenvalue weighted by atomic mass is 35.5. The second-order valence-electron chi connectivity index (χ2n) is 5.89. The highest BCUT2D eigenvalue weighted by Gasteiger charge is 2.35. The number of nitrogens with one attached hydrogen (secondary N) is 1. The number of nitrogens with zero attached hydrogens (tertiary/aromatic N) is 1. The summed E-state index contributed by atoms with van der Waals surface area (Å²) in [6, 6.07) is 7.13. The maximum atomic E-state index is 13.9. The van der Waals surface area contributed by atoms with Crippen molar-refractivity contribution in [3.63, 3.8) is 0 Å². The van der Waals surface area contributed by atoms with Crippen molar-refractivity contribution in [1.82, 2.24) is 10.2 Å². The number of halogens is 2. The molecule has 0 aromatic heterocycles. The van der Waals surface area contributed by atoms with Gasteiger partial charge in [0.05, 0.1) is 5.02 Å². The van der Waals surface area contributed by atoms with Crippen molar-refractivity contribution in [3.05, 3.63) is 34.6 Å². The first kappa shape index (κ1) is 13.3. The van der Waals surface area contributed by atoms with Crippen LogP contribution < -0.4 is 5.32 Å². The lowest BCUT2D eigenvalue weighted by Crippen LogP contribution is -2.46. The van der Waals surface area contributed by atoms with Gasteiger partial charge in [0.1, 0.15) is 5.82 Å². The SMILES string of the molecule is CN(Cc1cccc(Cl)c1F)C1CC2CCC(C1)N2. The number of rotatable bonds is 3. The van der Waals surface area contributed by atoms with E-state index in [0.29, 0.717) is 30.2 Å². The Kier molecular flexibility index (Phi) is 3.79. The molecule has 3 rings (SSSR count). The Morgan fingerprint density at radius 2 is 2.00 bits per heavy atom. The highest BCUT2D eigenvalue weighted by molar-refractivity contribution is 6.30. The quantitative estimate of drug-likeness (QED) is 0.916. The van der Waals surface area contributed by atoms with Gasteiger partial charge in [0.25, 0.3) is 0 Å². The van der Waals surface area contributed by atoms with Gasteiger partial charge in [-0.25, -0.2) is 4.39 Å². The van der Waals surface area contributed by atoms with Gasteiger partial charge in [0.2, 0.25) is 0 Å². The van der Waals surface area contributed by atoms with E-state index in [0.717, 1.165) is 0 Å². The number of hydrogen-bond donors (Lipinski definition) is 1. The first-order valence-corrected chi connectivity index (χ1v) is 7.40. The van der Waals surface area contributed by atoms with E-state index >= 15 is 0 Å². The first-order valence-electron chi connectivity index (χ1n) is 7.02. The third kappa shape index (κ3) is 2.78.